The minimum absolute atomic E-state index is 0.180. The number of likely N-dealkylation sites (tertiary alicyclic amines) is 1. The summed E-state index contributed by atoms with van der Waals surface area (Å²) in [6.45, 7) is 6.23. The van der Waals surface area contributed by atoms with Crippen LogP contribution in [0.3, 0.4) is 0 Å². The van der Waals surface area contributed by atoms with Gasteiger partial charge in [0.1, 0.15) is 12.4 Å². The molecule has 3 aromatic rings. The molecule has 1 spiro atoms. The van der Waals surface area contributed by atoms with E-state index in [1.54, 1.807) is 0 Å². The second-order valence-corrected chi connectivity index (χ2v) is 12.1. The molecule has 7 nitrogen and oxygen atoms in total. The summed E-state index contributed by atoms with van der Waals surface area (Å²) in [5.41, 5.74) is 3.55. The number of piperidine rings is 1. The van der Waals surface area contributed by atoms with Crippen LogP contribution >= 0.6 is 0 Å². The molecule has 3 aliphatic heterocycles. The number of ether oxygens (including phenoxy) is 3. The number of rotatable bonds is 4. The summed E-state index contributed by atoms with van der Waals surface area (Å²) in [5.74, 6) is 2.74. The van der Waals surface area contributed by atoms with Crippen LogP contribution in [0.2, 0.25) is 0 Å². The normalized spacial score (nSPS) is 19.5. The zero-order valence-electron chi connectivity index (χ0n) is 24.6. The Morgan fingerprint density at radius 1 is 0.786 bits per heavy atom. The van der Waals surface area contributed by atoms with Gasteiger partial charge in [0.25, 0.3) is 0 Å². The van der Waals surface area contributed by atoms with Crippen molar-refractivity contribution >= 4 is 5.91 Å². The van der Waals surface area contributed by atoms with Crippen LogP contribution in [0.25, 0.3) is 0 Å². The number of hydrogen-bond acceptors (Lipinski definition) is 6. The Kier molecular flexibility index (Phi) is 9.24. The Morgan fingerprint density at radius 3 is 2.45 bits per heavy atom. The third kappa shape index (κ3) is 7.24. The van der Waals surface area contributed by atoms with Gasteiger partial charge in [0, 0.05) is 45.3 Å². The number of carbonyl (C=O) groups is 1. The number of para-hydroxylation sites is 1. The van der Waals surface area contributed by atoms with Gasteiger partial charge in [0.15, 0.2) is 11.5 Å². The van der Waals surface area contributed by atoms with E-state index in [1.165, 1.54) is 18.4 Å². The SMILES string of the molecule is O=C(Cc1ccc2c(c1)OCCCO2)N1CCC2(CCCCc3ccccc3OCCN(Cc3ccccn3)C2)CC1. The maximum absolute atomic E-state index is 13.4. The lowest BCUT2D eigenvalue weighted by molar-refractivity contribution is -0.133. The lowest BCUT2D eigenvalue weighted by atomic mass is 9.73. The Labute approximate surface area is 249 Å². The van der Waals surface area contributed by atoms with Gasteiger partial charge in [0.2, 0.25) is 5.91 Å². The van der Waals surface area contributed by atoms with Gasteiger partial charge >= 0.3 is 0 Å². The minimum atomic E-state index is 0.180. The van der Waals surface area contributed by atoms with Crippen LogP contribution in [0.15, 0.2) is 66.9 Å². The molecular formula is C35H43N3O4. The Morgan fingerprint density at radius 2 is 1.60 bits per heavy atom. The van der Waals surface area contributed by atoms with E-state index in [1.807, 2.05) is 30.5 Å². The lowest BCUT2D eigenvalue weighted by Gasteiger charge is -2.45. The fraction of sp³-hybridized carbons (Fsp3) is 0.486. The Balaban J connectivity index is 1.13. The molecule has 1 aromatic heterocycles. The largest absolute Gasteiger partial charge is 0.492 e. The highest BCUT2D eigenvalue weighted by Crippen LogP contribution is 2.39. The first-order chi connectivity index (χ1) is 20.7. The fourth-order valence-electron chi connectivity index (χ4n) is 6.68. The molecule has 1 saturated heterocycles. The van der Waals surface area contributed by atoms with E-state index >= 15 is 0 Å². The van der Waals surface area contributed by atoms with Crippen molar-refractivity contribution in [3.05, 3.63) is 83.7 Å². The highest BCUT2D eigenvalue weighted by atomic mass is 16.5. The summed E-state index contributed by atoms with van der Waals surface area (Å²) in [5, 5.41) is 0. The summed E-state index contributed by atoms with van der Waals surface area (Å²) in [7, 11) is 0. The monoisotopic (exact) mass is 569 g/mol. The Hall–Kier alpha value is -3.58. The van der Waals surface area contributed by atoms with Crippen LogP contribution in [0, 0.1) is 5.41 Å². The Bertz CT molecular complexity index is 1320. The van der Waals surface area contributed by atoms with Crippen LogP contribution in [0.4, 0.5) is 0 Å². The van der Waals surface area contributed by atoms with Crippen molar-refractivity contribution < 1.29 is 19.0 Å². The van der Waals surface area contributed by atoms with E-state index in [9.17, 15) is 4.79 Å². The maximum Gasteiger partial charge on any atom is 0.226 e. The molecule has 0 saturated carbocycles. The molecule has 42 heavy (non-hydrogen) atoms. The van der Waals surface area contributed by atoms with Gasteiger partial charge in [0.05, 0.1) is 25.3 Å². The molecule has 2 aromatic carbocycles. The number of nitrogens with zero attached hydrogens (tertiary/aromatic N) is 3. The lowest BCUT2D eigenvalue weighted by Crippen LogP contribution is -2.49. The molecule has 0 atom stereocenters. The molecule has 0 bridgehead atoms. The van der Waals surface area contributed by atoms with E-state index in [0.29, 0.717) is 26.2 Å². The smallest absolute Gasteiger partial charge is 0.226 e. The predicted molar refractivity (Wildman–Crippen MR) is 163 cm³/mol. The summed E-state index contributed by atoms with van der Waals surface area (Å²) < 4.78 is 17.9. The molecule has 1 fully saturated rings. The van der Waals surface area contributed by atoms with Crippen molar-refractivity contribution in [2.75, 3.05) is 46.0 Å². The summed E-state index contributed by atoms with van der Waals surface area (Å²) >= 11 is 0. The molecule has 6 rings (SSSR count). The minimum Gasteiger partial charge on any atom is -0.492 e. The van der Waals surface area contributed by atoms with Gasteiger partial charge in [-0.1, -0.05) is 36.8 Å². The van der Waals surface area contributed by atoms with Gasteiger partial charge in [-0.05, 0) is 79.0 Å². The molecular weight excluding hydrogens is 526 g/mol. The topological polar surface area (TPSA) is 64.1 Å². The van der Waals surface area contributed by atoms with E-state index < -0.39 is 0 Å². The van der Waals surface area contributed by atoms with Gasteiger partial charge in [-0.2, -0.15) is 0 Å². The van der Waals surface area contributed by atoms with Crippen LogP contribution in [0.5, 0.6) is 17.2 Å². The maximum atomic E-state index is 13.4. The van der Waals surface area contributed by atoms with Gasteiger partial charge in [-0.25, -0.2) is 0 Å². The van der Waals surface area contributed by atoms with E-state index in [4.69, 9.17) is 14.2 Å². The summed E-state index contributed by atoms with van der Waals surface area (Å²) in [6, 6.07) is 20.6. The van der Waals surface area contributed by atoms with Crippen LogP contribution < -0.4 is 14.2 Å². The first-order valence-corrected chi connectivity index (χ1v) is 15.7. The average molecular weight is 570 g/mol. The van der Waals surface area contributed by atoms with Crippen LogP contribution in [-0.2, 0) is 24.2 Å². The standard InChI is InChI=1S/C35H43N3O4/c39-34(25-28-12-13-32-33(24-28)41-22-7-21-40-32)38-18-15-35(16-19-38)14-5-3-9-29-8-1-2-11-31(29)42-23-20-37(27-35)26-30-10-4-6-17-36-30/h1-2,4,6,8,10-13,17,24H,3,5,7,9,14-16,18-23,25-27H2. The molecule has 7 heteroatoms. The highest BCUT2D eigenvalue weighted by molar-refractivity contribution is 5.79. The second-order valence-electron chi connectivity index (χ2n) is 12.1. The van der Waals surface area contributed by atoms with Crippen LogP contribution in [-0.4, -0.2) is 66.7 Å². The predicted octanol–water partition coefficient (Wildman–Crippen LogP) is 5.70. The summed E-state index contributed by atoms with van der Waals surface area (Å²) in [4.78, 5) is 22.7. The van der Waals surface area contributed by atoms with Crippen molar-refractivity contribution in [1.82, 2.24) is 14.8 Å². The molecule has 0 unspecified atom stereocenters. The number of benzene rings is 2. The summed E-state index contributed by atoms with van der Waals surface area (Å²) in [6.07, 6.45) is 9.74. The third-order valence-corrected chi connectivity index (χ3v) is 9.06. The van der Waals surface area contributed by atoms with Crippen molar-refractivity contribution in [2.24, 2.45) is 5.41 Å². The molecule has 222 valence electrons. The van der Waals surface area contributed by atoms with Gasteiger partial charge in [-0.3, -0.25) is 14.7 Å². The van der Waals surface area contributed by atoms with Crippen molar-refractivity contribution in [3.63, 3.8) is 0 Å². The first-order valence-electron chi connectivity index (χ1n) is 15.7. The van der Waals surface area contributed by atoms with E-state index in [2.05, 4.69) is 51.2 Å². The van der Waals surface area contributed by atoms with Gasteiger partial charge < -0.3 is 19.1 Å². The van der Waals surface area contributed by atoms with Crippen LogP contribution in [0.1, 0.15) is 55.3 Å². The van der Waals surface area contributed by atoms with Crippen molar-refractivity contribution in [3.8, 4) is 17.2 Å². The van der Waals surface area contributed by atoms with Gasteiger partial charge in [-0.15, -0.1) is 0 Å². The van der Waals surface area contributed by atoms with E-state index in [0.717, 1.165) is 93.3 Å². The third-order valence-electron chi connectivity index (χ3n) is 9.06. The molecule has 0 aliphatic carbocycles. The number of fused-ring (bicyclic) bond motifs is 2. The quantitative estimate of drug-likeness (QED) is 0.402. The fourth-order valence-corrected chi connectivity index (χ4v) is 6.68. The molecule has 1 amide bonds. The number of pyridine rings is 1. The number of hydrogen-bond donors (Lipinski definition) is 0. The van der Waals surface area contributed by atoms with Crippen molar-refractivity contribution in [2.45, 2.75) is 57.9 Å². The molecule has 3 aliphatic rings. The number of aryl methyl sites for hydroxylation is 1. The number of amides is 1. The average Bonchev–Trinajstić information content (AvgIpc) is 3.25. The number of carbonyl (C=O) groups excluding carboxylic acids is 1. The van der Waals surface area contributed by atoms with Crippen molar-refractivity contribution in [1.29, 1.82) is 0 Å². The molecule has 4 heterocycles. The molecule has 0 N–H and O–H groups in total. The first kappa shape index (κ1) is 28.5. The molecule has 0 radical (unpaired) electrons. The highest BCUT2D eigenvalue weighted by Gasteiger charge is 2.37. The zero-order valence-corrected chi connectivity index (χ0v) is 24.6. The number of aromatic nitrogens is 1. The second kappa shape index (κ2) is 13.6. The zero-order chi connectivity index (χ0) is 28.6. The van der Waals surface area contributed by atoms with E-state index in [-0.39, 0.29) is 11.3 Å².